The first kappa shape index (κ1) is 19.5. The highest BCUT2D eigenvalue weighted by Gasteiger charge is 2.29. The minimum absolute atomic E-state index is 0.0554. The van der Waals surface area contributed by atoms with Crippen LogP contribution in [0.25, 0.3) is 0 Å². The molecule has 0 bridgehead atoms. The molecule has 2 aromatic heterocycles. The monoisotopic (exact) mass is 384 g/mol. The largest absolute Gasteiger partial charge is 0.351 e. The second-order valence-corrected chi connectivity index (χ2v) is 6.68. The van der Waals surface area contributed by atoms with Gasteiger partial charge in [0.15, 0.2) is 0 Å². The van der Waals surface area contributed by atoms with Crippen molar-refractivity contribution in [3.05, 3.63) is 40.1 Å². The van der Waals surface area contributed by atoms with Gasteiger partial charge in [0.25, 0.3) is 11.5 Å². The van der Waals surface area contributed by atoms with Crippen LogP contribution >= 0.6 is 0 Å². The maximum Gasteiger partial charge on any atom is 0.274 e. The number of carbonyl (C=O) groups is 2. The van der Waals surface area contributed by atoms with Crippen LogP contribution in [0.4, 0.5) is 17.3 Å². The molecule has 1 aliphatic rings. The van der Waals surface area contributed by atoms with Gasteiger partial charge in [-0.05, 0) is 45.2 Å². The van der Waals surface area contributed by atoms with Gasteiger partial charge in [0.1, 0.15) is 29.3 Å². The van der Waals surface area contributed by atoms with E-state index in [1.807, 2.05) is 13.8 Å². The number of rotatable bonds is 7. The number of pyridine rings is 1. The smallest absolute Gasteiger partial charge is 0.274 e. The van der Waals surface area contributed by atoms with E-state index in [4.69, 9.17) is 0 Å². The Bertz CT molecular complexity index is 965. The van der Waals surface area contributed by atoms with Gasteiger partial charge >= 0.3 is 0 Å². The van der Waals surface area contributed by atoms with Gasteiger partial charge in [0.2, 0.25) is 5.91 Å². The molecule has 9 heteroatoms. The average Bonchev–Trinajstić information content (AvgIpc) is 3.50. The molecule has 2 aromatic rings. The number of carbonyl (C=O) groups excluding carboxylic acids is 2. The fourth-order valence-electron chi connectivity index (χ4n) is 2.95. The normalized spacial score (nSPS) is 13.1. The molecule has 2 heterocycles. The summed E-state index contributed by atoms with van der Waals surface area (Å²) in [5, 5.41) is 8.46. The van der Waals surface area contributed by atoms with Crippen molar-refractivity contribution in [2.24, 2.45) is 5.92 Å². The molecule has 3 rings (SSSR count). The molecule has 148 valence electrons. The summed E-state index contributed by atoms with van der Waals surface area (Å²) in [6, 6.07) is 3.20. The molecular weight excluding hydrogens is 360 g/mol. The number of hydrogen-bond acceptors (Lipinski definition) is 6. The van der Waals surface area contributed by atoms with Crippen LogP contribution in [0.3, 0.4) is 0 Å². The van der Waals surface area contributed by atoms with Gasteiger partial charge in [-0.3, -0.25) is 14.4 Å². The van der Waals surface area contributed by atoms with Crippen molar-refractivity contribution in [1.29, 1.82) is 0 Å². The third-order valence-corrected chi connectivity index (χ3v) is 4.48. The van der Waals surface area contributed by atoms with Gasteiger partial charge in [0.05, 0.1) is 0 Å². The Morgan fingerprint density at radius 2 is 1.89 bits per heavy atom. The van der Waals surface area contributed by atoms with Gasteiger partial charge in [-0.1, -0.05) is 0 Å². The van der Waals surface area contributed by atoms with E-state index in [0.29, 0.717) is 41.7 Å². The van der Waals surface area contributed by atoms with Crippen LogP contribution in [0.15, 0.2) is 23.3 Å². The summed E-state index contributed by atoms with van der Waals surface area (Å²) in [6.07, 6.45) is 3.12. The molecule has 0 aliphatic heterocycles. The third-order valence-electron chi connectivity index (χ3n) is 4.48. The summed E-state index contributed by atoms with van der Waals surface area (Å²) >= 11 is 0. The van der Waals surface area contributed by atoms with E-state index in [1.165, 1.54) is 10.9 Å². The van der Waals surface area contributed by atoms with Gasteiger partial charge in [0, 0.05) is 25.1 Å². The van der Waals surface area contributed by atoms with Crippen molar-refractivity contribution < 1.29 is 9.59 Å². The highest BCUT2D eigenvalue weighted by Crippen LogP contribution is 2.30. The zero-order valence-electron chi connectivity index (χ0n) is 16.2. The topological polar surface area (TPSA) is 118 Å². The lowest BCUT2D eigenvalue weighted by Gasteiger charge is -2.16. The molecule has 1 fully saturated rings. The standard InChI is InChI=1S/C19H24N6O3/c1-4-20-18(27)16-11(3)8-13(19(28)25(16)5-2)23-14-9-15(22-10-21-14)24-17(26)12-6-7-12/h8-10,12H,4-7H2,1-3H3,(H,20,27)(H2,21,22,23,24,26). The van der Waals surface area contributed by atoms with Gasteiger partial charge in [-0.2, -0.15) is 0 Å². The van der Waals surface area contributed by atoms with E-state index in [1.54, 1.807) is 19.1 Å². The van der Waals surface area contributed by atoms with Gasteiger partial charge in [-0.15, -0.1) is 0 Å². The van der Waals surface area contributed by atoms with Crippen molar-refractivity contribution >= 4 is 29.1 Å². The Hall–Kier alpha value is -3.23. The van der Waals surface area contributed by atoms with E-state index in [9.17, 15) is 14.4 Å². The average molecular weight is 384 g/mol. The van der Waals surface area contributed by atoms with E-state index >= 15 is 0 Å². The summed E-state index contributed by atoms with van der Waals surface area (Å²) in [7, 11) is 0. The number of aromatic nitrogens is 3. The van der Waals surface area contributed by atoms with E-state index < -0.39 is 0 Å². The highest BCUT2D eigenvalue weighted by molar-refractivity contribution is 5.94. The van der Waals surface area contributed by atoms with Gasteiger partial charge < -0.3 is 20.5 Å². The second-order valence-electron chi connectivity index (χ2n) is 6.68. The minimum Gasteiger partial charge on any atom is -0.351 e. The van der Waals surface area contributed by atoms with Crippen molar-refractivity contribution in [1.82, 2.24) is 19.9 Å². The van der Waals surface area contributed by atoms with Crippen LogP contribution in [0.5, 0.6) is 0 Å². The lowest BCUT2D eigenvalue weighted by atomic mass is 10.1. The fraction of sp³-hybridized carbons (Fsp3) is 0.421. The van der Waals surface area contributed by atoms with Crippen LogP contribution in [0, 0.1) is 12.8 Å². The van der Waals surface area contributed by atoms with Crippen molar-refractivity contribution in [3.63, 3.8) is 0 Å². The van der Waals surface area contributed by atoms with Crippen LogP contribution in [0.2, 0.25) is 0 Å². The lowest BCUT2D eigenvalue weighted by Crippen LogP contribution is -2.33. The zero-order chi connectivity index (χ0) is 20.3. The van der Waals surface area contributed by atoms with Crippen molar-refractivity contribution in [3.8, 4) is 0 Å². The van der Waals surface area contributed by atoms with Crippen molar-refractivity contribution in [2.45, 2.75) is 40.2 Å². The Labute approximate surface area is 162 Å². The Kier molecular flexibility index (Phi) is 5.72. The molecule has 0 unspecified atom stereocenters. The number of anilines is 3. The Morgan fingerprint density at radius 1 is 1.18 bits per heavy atom. The minimum atomic E-state index is -0.323. The van der Waals surface area contributed by atoms with Crippen LogP contribution < -0.4 is 21.5 Å². The predicted molar refractivity (Wildman–Crippen MR) is 106 cm³/mol. The number of amides is 2. The molecule has 1 saturated carbocycles. The summed E-state index contributed by atoms with van der Waals surface area (Å²) in [5.74, 6) is 0.484. The number of aryl methyl sites for hydroxylation is 1. The molecule has 9 nitrogen and oxygen atoms in total. The lowest BCUT2D eigenvalue weighted by molar-refractivity contribution is -0.117. The zero-order valence-corrected chi connectivity index (χ0v) is 16.2. The van der Waals surface area contributed by atoms with Crippen LogP contribution in [0.1, 0.15) is 42.7 Å². The second kappa shape index (κ2) is 8.20. The molecular formula is C19H24N6O3. The van der Waals surface area contributed by atoms with Crippen LogP contribution in [-0.4, -0.2) is 32.9 Å². The molecule has 2 amide bonds. The van der Waals surface area contributed by atoms with E-state index in [0.717, 1.165) is 12.8 Å². The molecule has 0 aromatic carbocycles. The number of hydrogen-bond donors (Lipinski definition) is 3. The fourth-order valence-corrected chi connectivity index (χ4v) is 2.95. The van der Waals surface area contributed by atoms with E-state index in [2.05, 4.69) is 25.9 Å². The Morgan fingerprint density at radius 3 is 2.54 bits per heavy atom. The maximum atomic E-state index is 12.9. The van der Waals surface area contributed by atoms with Crippen LogP contribution in [-0.2, 0) is 11.3 Å². The molecule has 3 N–H and O–H groups in total. The van der Waals surface area contributed by atoms with Crippen molar-refractivity contribution in [2.75, 3.05) is 17.2 Å². The highest BCUT2D eigenvalue weighted by atomic mass is 16.2. The maximum absolute atomic E-state index is 12.9. The summed E-state index contributed by atoms with van der Waals surface area (Å²) in [4.78, 5) is 45.2. The number of nitrogens with one attached hydrogen (secondary N) is 3. The predicted octanol–water partition coefficient (Wildman–Crippen LogP) is 1.81. The molecule has 0 atom stereocenters. The molecule has 1 aliphatic carbocycles. The first-order chi connectivity index (χ1) is 13.4. The molecule has 0 radical (unpaired) electrons. The van der Waals surface area contributed by atoms with E-state index in [-0.39, 0.29) is 23.3 Å². The Balaban J connectivity index is 1.88. The molecule has 0 saturated heterocycles. The molecule has 0 spiro atoms. The first-order valence-electron chi connectivity index (χ1n) is 9.37. The SMILES string of the molecule is CCNC(=O)c1c(C)cc(Nc2cc(NC(=O)C3CC3)ncn2)c(=O)n1CC. The molecule has 28 heavy (non-hydrogen) atoms. The quantitative estimate of drug-likeness (QED) is 0.670. The summed E-state index contributed by atoms with van der Waals surface area (Å²) in [5.41, 5.74) is 0.994. The first-order valence-corrected chi connectivity index (χ1v) is 9.37. The summed E-state index contributed by atoms with van der Waals surface area (Å²) < 4.78 is 1.43. The number of nitrogens with zero attached hydrogens (tertiary/aromatic N) is 3. The summed E-state index contributed by atoms with van der Waals surface area (Å²) in [6.45, 7) is 6.25. The van der Waals surface area contributed by atoms with Gasteiger partial charge in [-0.25, -0.2) is 9.97 Å². The third kappa shape index (κ3) is 4.19.